The highest BCUT2D eigenvalue weighted by molar-refractivity contribution is 5.97. The first-order valence-electron chi connectivity index (χ1n) is 9.50. The molecule has 3 nitrogen and oxygen atoms in total. The maximum Gasteiger partial charge on any atom is 0.163 e. The first-order chi connectivity index (χ1) is 11.7. The second-order valence-corrected chi connectivity index (χ2v) is 6.45. The van der Waals surface area contributed by atoms with E-state index in [0.29, 0.717) is 17.9 Å². The Bertz CT molecular complexity index is 468. The predicted octanol–water partition coefficient (Wildman–Crippen LogP) is 6.20. The Balaban J connectivity index is 2.16. The number of hydrogen-bond acceptors (Lipinski definition) is 3. The molecule has 0 spiro atoms. The summed E-state index contributed by atoms with van der Waals surface area (Å²) in [5.74, 6) is 1.38. The van der Waals surface area contributed by atoms with Crippen molar-refractivity contribution in [1.29, 1.82) is 0 Å². The summed E-state index contributed by atoms with van der Waals surface area (Å²) in [5, 5.41) is 0. The number of unbranched alkanes of at least 4 members (excludes halogenated alkanes) is 9. The van der Waals surface area contributed by atoms with Gasteiger partial charge >= 0.3 is 0 Å². The normalized spacial score (nSPS) is 10.6. The topological polar surface area (TPSA) is 35.5 Å². The quantitative estimate of drug-likeness (QED) is 0.300. The maximum absolute atomic E-state index is 11.6. The zero-order valence-electron chi connectivity index (χ0n) is 15.7. The third-order valence-corrected chi connectivity index (χ3v) is 4.32. The fourth-order valence-electron chi connectivity index (χ4n) is 2.81. The fraction of sp³-hybridized carbons (Fsp3) is 0.667. The van der Waals surface area contributed by atoms with Crippen molar-refractivity contribution < 1.29 is 14.3 Å². The van der Waals surface area contributed by atoms with Crippen LogP contribution in [0.4, 0.5) is 0 Å². The van der Waals surface area contributed by atoms with Gasteiger partial charge < -0.3 is 9.47 Å². The van der Waals surface area contributed by atoms with Gasteiger partial charge in [0.25, 0.3) is 0 Å². The van der Waals surface area contributed by atoms with E-state index in [-0.39, 0.29) is 5.78 Å². The molecule has 0 aliphatic carbocycles. The molecule has 1 rings (SSSR count). The van der Waals surface area contributed by atoms with Gasteiger partial charge in [0.2, 0.25) is 0 Å². The second kappa shape index (κ2) is 12.9. The first kappa shape index (κ1) is 20.5. The summed E-state index contributed by atoms with van der Waals surface area (Å²) in [7, 11) is 1.62. The third kappa shape index (κ3) is 8.37. The van der Waals surface area contributed by atoms with E-state index >= 15 is 0 Å². The van der Waals surface area contributed by atoms with Crippen LogP contribution < -0.4 is 9.47 Å². The van der Waals surface area contributed by atoms with Crippen molar-refractivity contribution >= 4 is 5.78 Å². The highest BCUT2D eigenvalue weighted by Gasteiger charge is 2.09. The number of benzene rings is 1. The number of carbonyl (C=O) groups is 1. The van der Waals surface area contributed by atoms with E-state index in [2.05, 4.69) is 6.92 Å². The van der Waals surface area contributed by atoms with Crippen molar-refractivity contribution in [1.82, 2.24) is 0 Å². The zero-order valence-corrected chi connectivity index (χ0v) is 15.7. The van der Waals surface area contributed by atoms with Crippen molar-refractivity contribution in [2.24, 2.45) is 0 Å². The van der Waals surface area contributed by atoms with E-state index in [1.807, 2.05) is 0 Å². The number of carbonyl (C=O) groups excluding carboxylic acids is 1. The standard InChI is InChI=1S/C21H34O3/c1-4-5-6-7-8-9-10-11-12-13-16-24-21-17-19(23-3)14-15-20(21)18(2)22/h14-15,17H,4-13,16H2,1-3H3. The largest absolute Gasteiger partial charge is 0.497 e. The molecular weight excluding hydrogens is 300 g/mol. The molecule has 136 valence electrons. The van der Waals surface area contributed by atoms with Crippen molar-refractivity contribution in [2.75, 3.05) is 13.7 Å². The van der Waals surface area contributed by atoms with Gasteiger partial charge in [-0.05, 0) is 25.5 Å². The van der Waals surface area contributed by atoms with Crippen LogP contribution in [-0.2, 0) is 0 Å². The van der Waals surface area contributed by atoms with Crippen LogP contribution in [0.3, 0.4) is 0 Å². The third-order valence-electron chi connectivity index (χ3n) is 4.32. The van der Waals surface area contributed by atoms with Crippen LogP contribution in [0.25, 0.3) is 0 Å². The summed E-state index contributed by atoms with van der Waals surface area (Å²) in [6, 6.07) is 5.37. The summed E-state index contributed by atoms with van der Waals surface area (Å²) >= 11 is 0. The average molecular weight is 335 g/mol. The number of hydrogen-bond donors (Lipinski definition) is 0. The number of ketones is 1. The van der Waals surface area contributed by atoms with Crippen molar-refractivity contribution in [2.45, 2.75) is 78.1 Å². The lowest BCUT2D eigenvalue weighted by molar-refractivity contribution is 0.101. The lowest BCUT2D eigenvalue weighted by Crippen LogP contribution is -2.03. The zero-order chi connectivity index (χ0) is 17.6. The highest BCUT2D eigenvalue weighted by Crippen LogP contribution is 2.25. The van der Waals surface area contributed by atoms with Crippen molar-refractivity contribution in [3.63, 3.8) is 0 Å². The molecule has 0 atom stereocenters. The lowest BCUT2D eigenvalue weighted by atomic mass is 10.1. The molecule has 0 fully saturated rings. The Morgan fingerprint density at radius 1 is 0.917 bits per heavy atom. The Morgan fingerprint density at radius 3 is 2.04 bits per heavy atom. The number of methoxy groups -OCH3 is 1. The molecule has 3 heteroatoms. The molecule has 0 bridgehead atoms. The molecule has 1 aromatic rings. The van der Waals surface area contributed by atoms with Gasteiger partial charge in [0.05, 0.1) is 19.3 Å². The molecule has 0 amide bonds. The van der Waals surface area contributed by atoms with E-state index in [4.69, 9.17) is 9.47 Å². The number of ether oxygens (including phenoxy) is 2. The van der Waals surface area contributed by atoms with Crippen LogP contribution in [-0.4, -0.2) is 19.5 Å². The van der Waals surface area contributed by atoms with Gasteiger partial charge in [0, 0.05) is 6.07 Å². The molecule has 0 saturated heterocycles. The summed E-state index contributed by atoms with van der Waals surface area (Å²) in [6.45, 7) is 4.48. The highest BCUT2D eigenvalue weighted by atomic mass is 16.5. The van der Waals surface area contributed by atoms with Crippen LogP contribution in [0.2, 0.25) is 0 Å². The summed E-state index contributed by atoms with van der Waals surface area (Å²) in [6.07, 6.45) is 13.0. The molecule has 0 saturated carbocycles. The molecule has 0 unspecified atom stereocenters. The van der Waals surface area contributed by atoms with Crippen LogP contribution in [0.1, 0.15) is 88.4 Å². The van der Waals surface area contributed by atoms with Crippen LogP contribution in [0.5, 0.6) is 11.5 Å². The molecule has 0 heterocycles. The van der Waals surface area contributed by atoms with Crippen molar-refractivity contribution in [3.05, 3.63) is 23.8 Å². The van der Waals surface area contributed by atoms with Crippen LogP contribution in [0, 0.1) is 0 Å². The van der Waals surface area contributed by atoms with E-state index < -0.39 is 0 Å². The minimum absolute atomic E-state index is 0.0238. The SMILES string of the molecule is CCCCCCCCCCCCOc1cc(OC)ccc1C(C)=O. The maximum atomic E-state index is 11.6. The van der Waals surface area contributed by atoms with E-state index in [0.717, 1.165) is 12.2 Å². The van der Waals surface area contributed by atoms with Gasteiger partial charge in [0.15, 0.2) is 5.78 Å². The van der Waals surface area contributed by atoms with Gasteiger partial charge in [-0.15, -0.1) is 0 Å². The summed E-state index contributed by atoms with van der Waals surface area (Å²) in [4.78, 5) is 11.6. The fourth-order valence-corrected chi connectivity index (χ4v) is 2.81. The van der Waals surface area contributed by atoms with E-state index in [1.54, 1.807) is 32.2 Å². The summed E-state index contributed by atoms with van der Waals surface area (Å²) in [5.41, 5.74) is 0.628. The number of Topliss-reactive ketones (excluding diaryl/α,β-unsaturated/α-hetero) is 1. The van der Waals surface area contributed by atoms with Gasteiger partial charge in [-0.1, -0.05) is 64.7 Å². The number of rotatable bonds is 14. The first-order valence-corrected chi connectivity index (χ1v) is 9.50. The Labute approximate surface area is 147 Å². The molecule has 0 radical (unpaired) electrons. The second-order valence-electron chi connectivity index (χ2n) is 6.45. The molecule has 24 heavy (non-hydrogen) atoms. The molecular formula is C21H34O3. The predicted molar refractivity (Wildman–Crippen MR) is 100 cm³/mol. The van der Waals surface area contributed by atoms with Crippen LogP contribution >= 0.6 is 0 Å². The van der Waals surface area contributed by atoms with Crippen LogP contribution in [0.15, 0.2) is 18.2 Å². The summed E-state index contributed by atoms with van der Waals surface area (Å²) < 4.78 is 11.0. The Hall–Kier alpha value is -1.51. The molecule has 0 aliphatic rings. The Kier molecular flexibility index (Phi) is 11.0. The smallest absolute Gasteiger partial charge is 0.163 e. The monoisotopic (exact) mass is 334 g/mol. The van der Waals surface area contributed by atoms with E-state index in [9.17, 15) is 4.79 Å². The van der Waals surface area contributed by atoms with Gasteiger partial charge in [-0.25, -0.2) is 0 Å². The Morgan fingerprint density at radius 2 is 1.50 bits per heavy atom. The lowest BCUT2D eigenvalue weighted by Gasteiger charge is -2.11. The molecule has 0 aliphatic heterocycles. The average Bonchev–Trinajstić information content (AvgIpc) is 2.59. The van der Waals surface area contributed by atoms with Gasteiger partial charge in [-0.2, -0.15) is 0 Å². The molecule has 0 aromatic heterocycles. The van der Waals surface area contributed by atoms with Crippen molar-refractivity contribution in [3.8, 4) is 11.5 Å². The minimum atomic E-state index is 0.0238. The van der Waals surface area contributed by atoms with E-state index in [1.165, 1.54) is 57.8 Å². The minimum Gasteiger partial charge on any atom is -0.497 e. The molecule has 1 aromatic carbocycles. The molecule has 0 N–H and O–H groups in total. The van der Waals surface area contributed by atoms with Gasteiger partial charge in [-0.3, -0.25) is 4.79 Å². The van der Waals surface area contributed by atoms with Gasteiger partial charge in [0.1, 0.15) is 11.5 Å².